The number of carbonyl (C=O) groups is 1. The molecule has 6 nitrogen and oxygen atoms in total. The number of hydrogen-bond acceptors (Lipinski definition) is 4. The summed E-state index contributed by atoms with van der Waals surface area (Å²) in [7, 11) is 3.18. The molecule has 1 N–H and O–H groups in total. The Bertz CT molecular complexity index is 859. The summed E-state index contributed by atoms with van der Waals surface area (Å²) in [6.45, 7) is 1.09. The fourth-order valence-electron chi connectivity index (χ4n) is 2.62. The Kier molecular flexibility index (Phi) is 5.53. The molecule has 0 bridgehead atoms. The van der Waals surface area contributed by atoms with Crippen LogP contribution < -0.4 is 14.8 Å². The van der Waals surface area contributed by atoms with E-state index in [1.54, 1.807) is 20.4 Å². The number of amides is 1. The smallest absolute Gasteiger partial charge is 0.251 e. The minimum atomic E-state index is -0.120. The van der Waals surface area contributed by atoms with Crippen molar-refractivity contribution in [2.75, 3.05) is 14.2 Å². The summed E-state index contributed by atoms with van der Waals surface area (Å²) in [4.78, 5) is 12.3. The Morgan fingerprint density at radius 2 is 1.77 bits per heavy atom. The van der Waals surface area contributed by atoms with Gasteiger partial charge < -0.3 is 14.8 Å². The molecular formula is C20H21N3O3. The van der Waals surface area contributed by atoms with E-state index < -0.39 is 0 Å². The van der Waals surface area contributed by atoms with Crippen molar-refractivity contribution >= 4 is 5.91 Å². The molecule has 2 aromatic carbocycles. The van der Waals surface area contributed by atoms with Gasteiger partial charge in [0.2, 0.25) is 0 Å². The maximum atomic E-state index is 12.3. The number of nitrogens with zero attached hydrogens (tertiary/aromatic N) is 2. The maximum absolute atomic E-state index is 12.3. The average Bonchev–Trinajstić information content (AvgIpc) is 3.19. The van der Waals surface area contributed by atoms with Crippen LogP contribution in [0.15, 0.2) is 60.9 Å². The summed E-state index contributed by atoms with van der Waals surface area (Å²) in [6, 6.07) is 15.0. The average molecular weight is 351 g/mol. The van der Waals surface area contributed by atoms with Gasteiger partial charge in [-0.25, -0.2) is 0 Å². The van der Waals surface area contributed by atoms with Crippen molar-refractivity contribution in [3.8, 4) is 11.5 Å². The first-order valence-corrected chi connectivity index (χ1v) is 8.25. The Morgan fingerprint density at radius 3 is 2.42 bits per heavy atom. The molecule has 0 spiro atoms. The van der Waals surface area contributed by atoms with Gasteiger partial charge in [0.05, 0.1) is 20.8 Å². The van der Waals surface area contributed by atoms with E-state index in [9.17, 15) is 4.79 Å². The van der Waals surface area contributed by atoms with Gasteiger partial charge in [0, 0.05) is 24.5 Å². The maximum Gasteiger partial charge on any atom is 0.251 e. The standard InChI is InChI=1S/C20H21N3O3/c1-25-18-9-6-16(12-19(18)26-2)13-21-20(24)17-7-4-15(5-8-17)14-23-11-3-10-22-23/h3-12H,13-14H2,1-2H3,(H,21,24). The van der Waals surface area contributed by atoms with Gasteiger partial charge in [0.1, 0.15) is 0 Å². The predicted octanol–water partition coefficient (Wildman–Crippen LogP) is 2.88. The quantitative estimate of drug-likeness (QED) is 0.711. The molecule has 0 radical (unpaired) electrons. The third-order valence-corrected chi connectivity index (χ3v) is 4.02. The van der Waals surface area contributed by atoms with Gasteiger partial charge in [0.25, 0.3) is 5.91 Å². The second-order valence-corrected chi connectivity index (χ2v) is 5.77. The highest BCUT2D eigenvalue weighted by atomic mass is 16.5. The van der Waals surface area contributed by atoms with Crippen molar-refractivity contribution in [2.45, 2.75) is 13.1 Å². The highest BCUT2D eigenvalue weighted by molar-refractivity contribution is 5.94. The summed E-state index contributed by atoms with van der Waals surface area (Å²) in [5, 5.41) is 7.09. The second kappa shape index (κ2) is 8.20. The summed E-state index contributed by atoms with van der Waals surface area (Å²) in [5.74, 6) is 1.18. The van der Waals surface area contributed by atoms with Gasteiger partial charge in [-0.05, 0) is 41.5 Å². The van der Waals surface area contributed by atoms with Gasteiger partial charge >= 0.3 is 0 Å². The summed E-state index contributed by atoms with van der Waals surface area (Å²) < 4.78 is 12.3. The van der Waals surface area contributed by atoms with Crippen LogP contribution >= 0.6 is 0 Å². The van der Waals surface area contributed by atoms with Crippen LogP contribution in [0.25, 0.3) is 0 Å². The van der Waals surface area contributed by atoms with E-state index in [0.29, 0.717) is 30.2 Å². The zero-order chi connectivity index (χ0) is 18.4. The molecule has 0 aliphatic carbocycles. The molecule has 1 heterocycles. The number of methoxy groups -OCH3 is 2. The number of nitrogens with one attached hydrogen (secondary N) is 1. The molecule has 0 atom stereocenters. The molecule has 6 heteroatoms. The first kappa shape index (κ1) is 17.5. The molecule has 0 aliphatic heterocycles. The lowest BCUT2D eigenvalue weighted by molar-refractivity contribution is 0.0951. The Hall–Kier alpha value is -3.28. The largest absolute Gasteiger partial charge is 0.493 e. The van der Waals surface area contributed by atoms with Gasteiger partial charge in [-0.15, -0.1) is 0 Å². The highest BCUT2D eigenvalue weighted by Crippen LogP contribution is 2.27. The summed E-state index contributed by atoms with van der Waals surface area (Å²) in [5.41, 5.74) is 2.64. The lowest BCUT2D eigenvalue weighted by atomic mass is 10.1. The van der Waals surface area contributed by atoms with Gasteiger partial charge in [-0.2, -0.15) is 5.10 Å². The molecule has 1 amide bonds. The van der Waals surface area contributed by atoms with E-state index in [4.69, 9.17) is 9.47 Å². The van der Waals surface area contributed by atoms with E-state index in [2.05, 4.69) is 10.4 Å². The first-order chi connectivity index (χ1) is 12.7. The Morgan fingerprint density at radius 1 is 1.04 bits per heavy atom. The van der Waals surface area contributed by atoms with E-state index in [1.165, 1.54) is 0 Å². The molecular weight excluding hydrogens is 330 g/mol. The topological polar surface area (TPSA) is 65.4 Å². The number of hydrogen-bond donors (Lipinski definition) is 1. The van der Waals surface area contributed by atoms with Crippen molar-refractivity contribution in [3.63, 3.8) is 0 Å². The first-order valence-electron chi connectivity index (χ1n) is 8.25. The second-order valence-electron chi connectivity index (χ2n) is 5.77. The van der Waals surface area contributed by atoms with E-state index in [1.807, 2.05) is 59.4 Å². The molecule has 134 valence electrons. The molecule has 0 saturated heterocycles. The van der Waals surface area contributed by atoms with Crippen LogP contribution in [0.1, 0.15) is 21.5 Å². The van der Waals surface area contributed by atoms with Crippen LogP contribution in [0.2, 0.25) is 0 Å². The lowest BCUT2D eigenvalue weighted by Crippen LogP contribution is -2.22. The monoisotopic (exact) mass is 351 g/mol. The van der Waals surface area contributed by atoms with E-state index >= 15 is 0 Å². The lowest BCUT2D eigenvalue weighted by Gasteiger charge is -2.10. The van der Waals surface area contributed by atoms with E-state index in [0.717, 1.165) is 11.1 Å². The molecule has 26 heavy (non-hydrogen) atoms. The SMILES string of the molecule is COc1ccc(CNC(=O)c2ccc(Cn3cccn3)cc2)cc1OC. The molecule has 3 rings (SSSR count). The van der Waals surface area contributed by atoms with Crippen molar-refractivity contribution < 1.29 is 14.3 Å². The van der Waals surface area contributed by atoms with Gasteiger partial charge in [-0.3, -0.25) is 9.48 Å². The number of carbonyl (C=O) groups excluding carboxylic acids is 1. The van der Waals surface area contributed by atoms with Crippen LogP contribution in [0, 0.1) is 0 Å². The fraction of sp³-hybridized carbons (Fsp3) is 0.200. The van der Waals surface area contributed by atoms with Gasteiger partial charge in [0.15, 0.2) is 11.5 Å². The van der Waals surface area contributed by atoms with Crippen LogP contribution in [-0.2, 0) is 13.1 Å². The summed E-state index contributed by atoms with van der Waals surface area (Å²) >= 11 is 0. The van der Waals surface area contributed by atoms with Crippen LogP contribution in [-0.4, -0.2) is 29.9 Å². The van der Waals surface area contributed by atoms with Crippen LogP contribution in [0.4, 0.5) is 0 Å². The molecule has 1 aromatic heterocycles. The Labute approximate surface area is 152 Å². The van der Waals surface area contributed by atoms with Crippen molar-refractivity contribution in [2.24, 2.45) is 0 Å². The van der Waals surface area contributed by atoms with Crippen molar-refractivity contribution in [1.82, 2.24) is 15.1 Å². The zero-order valence-electron chi connectivity index (χ0n) is 14.8. The van der Waals surface area contributed by atoms with E-state index in [-0.39, 0.29) is 5.91 Å². The highest BCUT2D eigenvalue weighted by Gasteiger charge is 2.08. The van der Waals surface area contributed by atoms with Crippen LogP contribution in [0.3, 0.4) is 0 Å². The Balaban J connectivity index is 1.59. The third-order valence-electron chi connectivity index (χ3n) is 4.02. The van der Waals surface area contributed by atoms with Crippen molar-refractivity contribution in [1.29, 1.82) is 0 Å². The molecule has 0 fully saturated rings. The third kappa shape index (κ3) is 4.22. The number of ether oxygens (including phenoxy) is 2. The molecule has 3 aromatic rings. The van der Waals surface area contributed by atoms with Gasteiger partial charge in [-0.1, -0.05) is 18.2 Å². The number of aromatic nitrogens is 2. The molecule has 0 saturated carbocycles. The minimum absolute atomic E-state index is 0.120. The van der Waals surface area contributed by atoms with Crippen LogP contribution in [0.5, 0.6) is 11.5 Å². The van der Waals surface area contributed by atoms with Crippen molar-refractivity contribution in [3.05, 3.63) is 77.6 Å². The summed E-state index contributed by atoms with van der Waals surface area (Å²) in [6.07, 6.45) is 3.65. The predicted molar refractivity (Wildman–Crippen MR) is 98.5 cm³/mol. The molecule has 0 unspecified atom stereocenters. The zero-order valence-corrected chi connectivity index (χ0v) is 14.8. The normalized spacial score (nSPS) is 10.4. The minimum Gasteiger partial charge on any atom is -0.493 e. The molecule has 0 aliphatic rings. The number of rotatable bonds is 7. The number of benzene rings is 2. The fourth-order valence-corrected chi connectivity index (χ4v) is 2.62.